The van der Waals surface area contributed by atoms with E-state index in [1.54, 1.807) is 7.11 Å². The molecule has 6 nitrogen and oxygen atoms in total. The Hall–Kier alpha value is -1.86. The topological polar surface area (TPSA) is 88.8 Å². The molecule has 0 amide bonds. The first-order chi connectivity index (χ1) is 12.7. The van der Waals surface area contributed by atoms with E-state index in [2.05, 4.69) is 50.7 Å². The van der Waals surface area contributed by atoms with Crippen LogP contribution in [0.1, 0.15) is 35.8 Å². The van der Waals surface area contributed by atoms with Crippen molar-refractivity contribution >= 4 is 41.5 Å². The minimum atomic E-state index is 0. The van der Waals surface area contributed by atoms with Crippen LogP contribution in [0.15, 0.2) is 36.5 Å². The second-order valence-corrected chi connectivity index (χ2v) is 6.99. The number of rotatable bonds is 7. The number of nitrogens with two attached hydrogens (primary N) is 1. The van der Waals surface area contributed by atoms with Gasteiger partial charge in [0.1, 0.15) is 12.4 Å². The molecule has 28 heavy (non-hydrogen) atoms. The Balaban J connectivity index is 0.00000140. The number of benzene rings is 1. The molecule has 1 aliphatic carbocycles. The Morgan fingerprint density at radius 1 is 1.21 bits per heavy atom. The van der Waals surface area contributed by atoms with Gasteiger partial charge >= 0.3 is 0 Å². The van der Waals surface area contributed by atoms with E-state index >= 15 is 0 Å². The van der Waals surface area contributed by atoms with Crippen LogP contribution in [0.3, 0.4) is 0 Å². The standard InChI is InChI=1S/C20H25N5O.2ClH/c1-26-12-20-24-18(14-8-15(21)9-14)10-19(25-20)22-7-6-13-11-23-17-5-3-2-4-16(13)17;;/h2-5,10-11,14-15,23H,6-9,12,21H2,1H3,(H,22,24,25);2*1H. The molecular formula is C20H27Cl2N5O. The van der Waals surface area contributed by atoms with Gasteiger partial charge in [0, 0.05) is 54.5 Å². The third kappa shape index (κ3) is 4.94. The lowest BCUT2D eigenvalue weighted by Crippen LogP contribution is -2.35. The van der Waals surface area contributed by atoms with Gasteiger partial charge < -0.3 is 20.8 Å². The maximum absolute atomic E-state index is 5.93. The predicted molar refractivity (Wildman–Crippen MR) is 118 cm³/mol. The number of methoxy groups -OCH3 is 1. The number of hydrogen-bond acceptors (Lipinski definition) is 5. The van der Waals surface area contributed by atoms with Crippen molar-refractivity contribution in [2.24, 2.45) is 5.73 Å². The van der Waals surface area contributed by atoms with Gasteiger partial charge in [-0.1, -0.05) is 18.2 Å². The Kier molecular flexibility index (Phi) is 8.07. The normalized spacial score (nSPS) is 18.1. The van der Waals surface area contributed by atoms with Crippen LogP contribution in [0.2, 0.25) is 0 Å². The van der Waals surface area contributed by atoms with Crippen LogP contribution >= 0.6 is 24.8 Å². The van der Waals surface area contributed by atoms with E-state index in [0.29, 0.717) is 18.6 Å². The second-order valence-electron chi connectivity index (χ2n) is 6.99. The molecular weight excluding hydrogens is 397 g/mol. The molecule has 0 unspecified atom stereocenters. The van der Waals surface area contributed by atoms with E-state index < -0.39 is 0 Å². The number of halogens is 2. The zero-order valence-electron chi connectivity index (χ0n) is 15.9. The molecule has 4 rings (SSSR count). The molecule has 0 bridgehead atoms. The average Bonchev–Trinajstić information content (AvgIpc) is 3.02. The van der Waals surface area contributed by atoms with Crippen LogP contribution in [-0.4, -0.2) is 34.6 Å². The Bertz CT molecular complexity index is 895. The second kappa shape index (κ2) is 10.1. The highest BCUT2D eigenvalue weighted by atomic mass is 35.5. The lowest BCUT2D eigenvalue weighted by atomic mass is 9.78. The van der Waals surface area contributed by atoms with E-state index in [9.17, 15) is 0 Å². The van der Waals surface area contributed by atoms with Crippen molar-refractivity contribution in [2.45, 2.75) is 37.8 Å². The number of hydrogen-bond donors (Lipinski definition) is 3. The summed E-state index contributed by atoms with van der Waals surface area (Å²) >= 11 is 0. The summed E-state index contributed by atoms with van der Waals surface area (Å²) in [6.07, 6.45) is 5.01. The van der Waals surface area contributed by atoms with Gasteiger partial charge in [-0.3, -0.25) is 0 Å². The van der Waals surface area contributed by atoms with Crippen LogP contribution in [0.4, 0.5) is 5.82 Å². The molecule has 2 heterocycles. The third-order valence-electron chi connectivity index (χ3n) is 5.03. The lowest BCUT2D eigenvalue weighted by Gasteiger charge is -2.32. The fraction of sp³-hybridized carbons (Fsp3) is 0.400. The van der Waals surface area contributed by atoms with E-state index in [1.165, 1.54) is 16.5 Å². The molecule has 1 aromatic carbocycles. The summed E-state index contributed by atoms with van der Waals surface area (Å²) in [6, 6.07) is 10.7. The fourth-order valence-corrected chi connectivity index (χ4v) is 3.58. The maximum Gasteiger partial charge on any atom is 0.156 e. The van der Waals surface area contributed by atoms with Crippen LogP contribution in [0.5, 0.6) is 0 Å². The molecule has 1 fully saturated rings. The summed E-state index contributed by atoms with van der Waals surface area (Å²) in [5.74, 6) is 2.03. The van der Waals surface area contributed by atoms with Crippen molar-refractivity contribution in [2.75, 3.05) is 19.0 Å². The quantitative estimate of drug-likeness (QED) is 0.537. The van der Waals surface area contributed by atoms with Gasteiger partial charge in [0.05, 0.1) is 0 Å². The van der Waals surface area contributed by atoms with Gasteiger partial charge in [-0.2, -0.15) is 0 Å². The number of ether oxygens (including phenoxy) is 1. The van der Waals surface area contributed by atoms with Crippen molar-refractivity contribution < 1.29 is 4.74 Å². The first kappa shape index (κ1) is 22.4. The number of aromatic amines is 1. The van der Waals surface area contributed by atoms with Crippen molar-refractivity contribution in [3.63, 3.8) is 0 Å². The van der Waals surface area contributed by atoms with Crippen LogP contribution < -0.4 is 11.1 Å². The summed E-state index contributed by atoms with van der Waals surface area (Å²) < 4.78 is 5.22. The van der Waals surface area contributed by atoms with E-state index in [1.807, 2.05) is 6.07 Å². The van der Waals surface area contributed by atoms with E-state index in [4.69, 9.17) is 10.5 Å². The van der Waals surface area contributed by atoms with Gasteiger partial charge in [-0.15, -0.1) is 24.8 Å². The summed E-state index contributed by atoms with van der Waals surface area (Å²) in [6.45, 7) is 1.23. The van der Waals surface area contributed by atoms with Crippen LogP contribution in [-0.2, 0) is 17.8 Å². The molecule has 3 aromatic rings. The molecule has 0 radical (unpaired) electrons. The number of nitrogens with zero attached hydrogens (tertiary/aromatic N) is 2. The highest BCUT2D eigenvalue weighted by molar-refractivity contribution is 5.85. The molecule has 1 aliphatic rings. The first-order valence-corrected chi connectivity index (χ1v) is 9.14. The van der Waals surface area contributed by atoms with Gasteiger partial charge in [-0.05, 0) is 30.9 Å². The molecule has 0 spiro atoms. The molecule has 0 atom stereocenters. The van der Waals surface area contributed by atoms with Gasteiger partial charge in [0.25, 0.3) is 0 Å². The summed E-state index contributed by atoms with van der Waals surface area (Å²) in [5.41, 5.74) is 9.49. The molecule has 152 valence electrons. The smallest absolute Gasteiger partial charge is 0.156 e. The van der Waals surface area contributed by atoms with Crippen molar-refractivity contribution in [1.82, 2.24) is 15.0 Å². The fourth-order valence-electron chi connectivity index (χ4n) is 3.58. The molecule has 0 aliphatic heterocycles. The first-order valence-electron chi connectivity index (χ1n) is 9.14. The van der Waals surface area contributed by atoms with Gasteiger partial charge in [0.2, 0.25) is 0 Å². The number of anilines is 1. The summed E-state index contributed by atoms with van der Waals surface area (Å²) in [7, 11) is 1.67. The molecule has 2 aromatic heterocycles. The Morgan fingerprint density at radius 2 is 2.00 bits per heavy atom. The van der Waals surface area contributed by atoms with E-state index in [-0.39, 0.29) is 24.8 Å². The lowest BCUT2D eigenvalue weighted by molar-refractivity contribution is 0.177. The predicted octanol–water partition coefficient (Wildman–Crippen LogP) is 3.81. The zero-order valence-corrected chi connectivity index (χ0v) is 17.5. The molecule has 4 N–H and O–H groups in total. The van der Waals surface area contributed by atoms with Crippen molar-refractivity contribution in [3.8, 4) is 0 Å². The number of H-pyrrole nitrogens is 1. The van der Waals surface area contributed by atoms with Crippen molar-refractivity contribution in [3.05, 3.63) is 53.6 Å². The number of aromatic nitrogens is 3. The van der Waals surface area contributed by atoms with Crippen LogP contribution in [0.25, 0.3) is 10.9 Å². The highest BCUT2D eigenvalue weighted by Gasteiger charge is 2.29. The maximum atomic E-state index is 5.93. The van der Waals surface area contributed by atoms with Gasteiger partial charge in [-0.25, -0.2) is 9.97 Å². The number of para-hydroxylation sites is 1. The van der Waals surface area contributed by atoms with Crippen molar-refractivity contribution in [1.29, 1.82) is 0 Å². The highest BCUT2D eigenvalue weighted by Crippen LogP contribution is 2.35. The summed E-state index contributed by atoms with van der Waals surface area (Å²) in [5, 5.41) is 4.73. The number of nitrogens with one attached hydrogen (secondary N) is 2. The van der Waals surface area contributed by atoms with Gasteiger partial charge in [0.15, 0.2) is 5.82 Å². The Morgan fingerprint density at radius 3 is 2.75 bits per heavy atom. The minimum Gasteiger partial charge on any atom is -0.377 e. The average molecular weight is 424 g/mol. The zero-order chi connectivity index (χ0) is 17.9. The third-order valence-corrected chi connectivity index (χ3v) is 5.03. The Labute approximate surface area is 177 Å². The molecule has 8 heteroatoms. The summed E-state index contributed by atoms with van der Waals surface area (Å²) in [4.78, 5) is 12.5. The minimum absolute atomic E-state index is 0. The van der Waals surface area contributed by atoms with Crippen LogP contribution in [0, 0.1) is 0 Å². The molecule has 0 saturated heterocycles. The molecule has 1 saturated carbocycles. The monoisotopic (exact) mass is 423 g/mol. The largest absolute Gasteiger partial charge is 0.377 e. The van der Waals surface area contributed by atoms with E-state index in [0.717, 1.165) is 43.1 Å². The number of fused-ring (bicyclic) bond motifs is 1. The SMILES string of the molecule is COCc1nc(NCCc2c[nH]c3ccccc23)cc(C2CC(N)C2)n1.Cl.Cl.